The van der Waals surface area contributed by atoms with E-state index in [1.165, 1.54) is 12.8 Å². The van der Waals surface area contributed by atoms with Crippen molar-refractivity contribution in [3.63, 3.8) is 0 Å². The highest BCUT2D eigenvalue weighted by Gasteiger charge is 2.24. The molecular formula is C24H37BrN4O2. The number of hydrogen-bond acceptors (Lipinski definition) is 4. The maximum atomic E-state index is 13.2. The van der Waals surface area contributed by atoms with Gasteiger partial charge in [-0.1, -0.05) is 47.5 Å². The molecule has 0 spiro atoms. The number of aromatic hydroxyl groups is 1. The number of phenols is 1. The van der Waals surface area contributed by atoms with Gasteiger partial charge in [-0.25, -0.2) is 0 Å². The van der Waals surface area contributed by atoms with Gasteiger partial charge in [-0.3, -0.25) is 4.79 Å². The first-order valence-electron chi connectivity index (χ1n) is 11.0. The zero-order valence-electron chi connectivity index (χ0n) is 19.9. The highest BCUT2D eigenvalue weighted by atomic mass is 79.9. The van der Waals surface area contributed by atoms with Crippen LogP contribution in [0.3, 0.4) is 0 Å². The summed E-state index contributed by atoms with van der Waals surface area (Å²) in [7, 11) is 3.73. The van der Waals surface area contributed by atoms with Crippen LogP contribution in [0.1, 0.15) is 69.8 Å². The van der Waals surface area contributed by atoms with Crippen LogP contribution in [0.5, 0.6) is 5.75 Å². The first-order valence-corrected chi connectivity index (χ1v) is 11.7. The number of hydrogen-bond donors (Lipinski definition) is 1. The van der Waals surface area contributed by atoms with Gasteiger partial charge in [0, 0.05) is 44.2 Å². The van der Waals surface area contributed by atoms with Gasteiger partial charge in [0.05, 0.1) is 28.4 Å². The Bertz CT molecular complexity index is 963. The Morgan fingerprint density at radius 3 is 2.29 bits per heavy atom. The predicted octanol–water partition coefficient (Wildman–Crippen LogP) is 5.28. The number of rotatable bonds is 9. The third-order valence-electron chi connectivity index (χ3n) is 5.96. The summed E-state index contributed by atoms with van der Waals surface area (Å²) in [6.07, 6.45) is 7.32. The summed E-state index contributed by atoms with van der Waals surface area (Å²) in [6, 6.07) is 3.59. The molecule has 7 heteroatoms. The van der Waals surface area contributed by atoms with Gasteiger partial charge in [-0.15, -0.1) is 0 Å². The molecule has 0 radical (unpaired) electrons. The number of imidazole rings is 1. The largest absolute Gasteiger partial charge is 0.505 e. The Kier molecular flexibility index (Phi) is 8.57. The lowest BCUT2D eigenvalue weighted by molar-refractivity contribution is 0.0970. The van der Waals surface area contributed by atoms with Crippen molar-refractivity contribution in [2.45, 2.75) is 72.4 Å². The van der Waals surface area contributed by atoms with Gasteiger partial charge in [0.2, 0.25) is 5.62 Å². The van der Waals surface area contributed by atoms with Crippen molar-refractivity contribution < 1.29 is 9.90 Å². The highest BCUT2D eigenvalue weighted by molar-refractivity contribution is 9.08. The molecule has 0 aliphatic heterocycles. The molecule has 6 nitrogen and oxygen atoms in total. The number of aryl methyl sites for hydroxylation is 1. The first kappa shape index (κ1) is 25.2. The summed E-state index contributed by atoms with van der Waals surface area (Å²) >= 11 is 3.24. The molecular weight excluding hydrogens is 456 g/mol. The summed E-state index contributed by atoms with van der Waals surface area (Å²) in [6.45, 7) is 11.6. The molecule has 172 valence electrons. The molecule has 1 aromatic heterocycles. The molecule has 0 atom stereocenters. The zero-order valence-corrected chi connectivity index (χ0v) is 21.5. The van der Waals surface area contributed by atoms with Gasteiger partial charge in [0.25, 0.3) is 0 Å². The minimum Gasteiger partial charge on any atom is -0.505 e. The number of carbonyl (C=O) groups excluding carboxylic acids is 1. The smallest absolute Gasteiger partial charge is 0.217 e. The molecule has 0 aliphatic rings. The van der Waals surface area contributed by atoms with E-state index >= 15 is 0 Å². The summed E-state index contributed by atoms with van der Waals surface area (Å²) in [5.41, 5.74) is 2.44. The van der Waals surface area contributed by atoms with E-state index in [-0.39, 0.29) is 23.5 Å². The van der Waals surface area contributed by atoms with Gasteiger partial charge in [0.15, 0.2) is 5.78 Å². The number of anilines is 1. The van der Waals surface area contributed by atoms with E-state index in [1.807, 2.05) is 62.8 Å². The first-order chi connectivity index (χ1) is 14.5. The van der Waals surface area contributed by atoms with Crippen LogP contribution in [-0.4, -0.2) is 34.1 Å². The van der Waals surface area contributed by atoms with E-state index in [4.69, 9.17) is 0 Å². The molecule has 2 aromatic rings. The Morgan fingerprint density at radius 1 is 1.16 bits per heavy atom. The number of halogens is 1. The van der Waals surface area contributed by atoms with Crippen molar-refractivity contribution in [2.75, 3.05) is 19.0 Å². The van der Waals surface area contributed by atoms with Crippen LogP contribution < -0.4 is 10.5 Å². The van der Waals surface area contributed by atoms with E-state index in [9.17, 15) is 9.90 Å². The SMILES string of the molecule is CCC(CC)CCn1ccn(CC(=O)c2cc(N(C)C)c(O)c(C(C)(C)C)c2)/c1=N\Br. The molecule has 0 aliphatic carbocycles. The molecule has 0 fully saturated rings. The maximum absolute atomic E-state index is 13.2. The molecule has 0 amide bonds. The fourth-order valence-electron chi connectivity index (χ4n) is 3.81. The van der Waals surface area contributed by atoms with Crippen LogP contribution in [0.4, 0.5) is 5.69 Å². The Hall–Kier alpha value is -2.02. The molecule has 1 N–H and O–H groups in total. The second-order valence-corrected chi connectivity index (χ2v) is 9.79. The van der Waals surface area contributed by atoms with Crippen LogP contribution in [-0.2, 0) is 18.5 Å². The van der Waals surface area contributed by atoms with Crippen LogP contribution in [0.2, 0.25) is 0 Å². The average Bonchev–Trinajstić information content (AvgIpc) is 3.09. The van der Waals surface area contributed by atoms with Crippen LogP contribution >= 0.6 is 16.1 Å². The summed E-state index contributed by atoms with van der Waals surface area (Å²) in [5, 5.41) is 10.7. The van der Waals surface area contributed by atoms with Crippen molar-refractivity contribution in [2.24, 2.45) is 9.94 Å². The maximum Gasteiger partial charge on any atom is 0.217 e. The standard InChI is InChI=1S/C24H37BrN4O2/c1-8-17(9-2)10-11-28-12-13-29(23(28)26-25)16-21(30)18-14-19(24(3,4)5)22(31)20(15-18)27(6)7/h12-15,17,31H,8-11,16H2,1-7H3/b26-23-. The van der Waals surface area contributed by atoms with E-state index in [1.54, 1.807) is 6.07 Å². The zero-order chi connectivity index (χ0) is 23.3. The van der Waals surface area contributed by atoms with Gasteiger partial charge >= 0.3 is 0 Å². The molecule has 0 bridgehead atoms. The summed E-state index contributed by atoms with van der Waals surface area (Å²) in [5.74, 6) is 0.900. The average molecular weight is 493 g/mol. The lowest BCUT2D eigenvalue weighted by atomic mass is 9.84. The molecule has 0 saturated heterocycles. The van der Waals surface area contributed by atoms with Crippen molar-refractivity contribution >= 4 is 27.6 Å². The Labute approximate surface area is 194 Å². The number of aromatic nitrogens is 2. The fourth-order valence-corrected chi connectivity index (χ4v) is 4.22. The van der Waals surface area contributed by atoms with Gasteiger partial charge < -0.3 is 19.1 Å². The van der Waals surface area contributed by atoms with Crippen LogP contribution in [0.15, 0.2) is 28.5 Å². The lowest BCUT2D eigenvalue weighted by Crippen LogP contribution is -2.28. The third-order valence-corrected chi connectivity index (χ3v) is 6.28. The molecule has 2 rings (SSSR count). The van der Waals surface area contributed by atoms with Crippen molar-refractivity contribution in [1.29, 1.82) is 0 Å². The van der Waals surface area contributed by atoms with Gasteiger partial charge in [0.1, 0.15) is 5.75 Å². The number of nitrogens with zero attached hydrogens (tertiary/aromatic N) is 4. The topological polar surface area (TPSA) is 62.8 Å². The predicted molar refractivity (Wildman–Crippen MR) is 131 cm³/mol. The van der Waals surface area contributed by atoms with E-state index in [0.29, 0.717) is 17.2 Å². The van der Waals surface area contributed by atoms with Crippen molar-refractivity contribution in [3.8, 4) is 5.75 Å². The number of Topliss-reactive ketones (excluding diaryl/α,β-unsaturated/α-hetero) is 1. The highest BCUT2D eigenvalue weighted by Crippen LogP contribution is 2.38. The normalized spacial score (nSPS) is 12.6. The van der Waals surface area contributed by atoms with Crippen molar-refractivity contribution in [1.82, 2.24) is 9.13 Å². The third kappa shape index (κ3) is 6.03. The summed E-state index contributed by atoms with van der Waals surface area (Å²) < 4.78 is 8.21. The van der Waals surface area contributed by atoms with Crippen molar-refractivity contribution in [3.05, 3.63) is 41.3 Å². The van der Waals surface area contributed by atoms with E-state index in [0.717, 1.165) is 24.1 Å². The minimum absolute atomic E-state index is 0.0197. The molecule has 31 heavy (non-hydrogen) atoms. The monoisotopic (exact) mass is 492 g/mol. The molecule has 1 aromatic carbocycles. The van der Waals surface area contributed by atoms with Crippen LogP contribution in [0, 0.1) is 5.92 Å². The second-order valence-electron chi connectivity index (χ2n) is 9.43. The molecule has 0 saturated carbocycles. The fraction of sp³-hybridized carbons (Fsp3) is 0.583. The molecule has 1 heterocycles. The Morgan fingerprint density at radius 2 is 1.77 bits per heavy atom. The minimum atomic E-state index is -0.285. The molecule has 0 unspecified atom stereocenters. The Balaban J connectivity index is 2.35. The number of phenolic OH excluding ortho intramolecular Hbond substituents is 1. The van der Waals surface area contributed by atoms with E-state index < -0.39 is 0 Å². The number of benzene rings is 1. The van der Waals surface area contributed by atoms with Gasteiger partial charge in [-0.2, -0.15) is 4.02 Å². The number of carbonyl (C=O) groups is 1. The van der Waals surface area contributed by atoms with E-state index in [2.05, 4.69) is 38.6 Å². The van der Waals surface area contributed by atoms with Crippen LogP contribution in [0.25, 0.3) is 0 Å². The summed E-state index contributed by atoms with van der Waals surface area (Å²) in [4.78, 5) is 15.1. The van der Waals surface area contributed by atoms with Gasteiger partial charge in [-0.05, 0) is 29.9 Å². The lowest BCUT2D eigenvalue weighted by Gasteiger charge is -2.25. The number of ketones is 1. The second kappa shape index (κ2) is 10.5. The quantitative estimate of drug-likeness (QED) is 0.484.